The number of Topliss-reactive ketones (excluding diaryl/α,β-unsaturated/α-hetero) is 1. The molecule has 1 rings (SSSR count). The molecule has 0 saturated carbocycles. The van der Waals surface area contributed by atoms with Crippen molar-refractivity contribution in [2.24, 2.45) is 5.92 Å². The van der Waals surface area contributed by atoms with E-state index in [0.29, 0.717) is 35.9 Å². The van der Waals surface area contributed by atoms with Crippen LogP contribution in [-0.4, -0.2) is 26.5 Å². The molecule has 0 bridgehead atoms. The lowest BCUT2D eigenvalue weighted by Crippen LogP contribution is -2.51. The predicted molar refractivity (Wildman–Crippen MR) is 135 cm³/mol. The number of hydrogen-bond donors (Lipinski definition) is 0. The molecule has 0 N–H and O–H groups in total. The highest BCUT2D eigenvalue weighted by Crippen LogP contribution is 2.44. The van der Waals surface area contributed by atoms with E-state index in [0.717, 1.165) is 36.7 Å². The summed E-state index contributed by atoms with van der Waals surface area (Å²) in [5.41, 5.74) is 3.50. The van der Waals surface area contributed by atoms with E-state index < -0.39 is 8.32 Å². The van der Waals surface area contributed by atoms with Gasteiger partial charge in [-0.25, -0.2) is 0 Å². The number of carbonyl (C=O) groups excluding carboxylic acids is 2. The number of rotatable bonds is 6. The number of allylic oxidation sites excluding steroid dienone is 5. The molecule has 0 heterocycles. The van der Waals surface area contributed by atoms with Gasteiger partial charge < -0.3 is 4.43 Å². The Balaban J connectivity index is 3.28. The fourth-order valence-corrected chi connectivity index (χ4v) is 10.8. The van der Waals surface area contributed by atoms with Gasteiger partial charge >= 0.3 is 0 Å². The van der Waals surface area contributed by atoms with Crippen molar-refractivity contribution in [2.45, 2.75) is 117 Å². The van der Waals surface area contributed by atoms with Crippen molar-refractivity contribution >= 4 is 20.4 Å². The van der Waals surface area contributed by atoms with Crippen LogP contribution in [0.1, 0.15) is 93.9 Å². The predicted octanol–water partition coefficient (Wildman–Crippen LogP) is 7.73. The number of carbonyl (C=O) groups is 2. The van der Waals surface area contributed by atoms with E-state index in [9.17, 15) is 9.59 Å². The Morgan fingerprint density at radius 1 is 0.968 bits per heavy atom. The molecule has 0 aliphatic heterocycles. The van der Waals surface area contributed by atoms with E-state index in [1.54, 1.807) is 0 Å². The van der Waals surface area contributed by atoms with Crippen molar-refractivity contribution in [1.29, 1.82) is 0 Å². The van der Waals surface area contributed by atoms with Crippen LogP contribution in [0.2, 0.25) is 16.6 Å². The van der Waals surface area contributed by atoms with E-state index in [4.69, 9.17) is 4.43 Å². The Kier molecular flexibility index (Phi) is 11.9. The van der Waals surface area contributed by atoms with Crippen LogP contribution < -0.4 is 0 Å². The van der Waals surface area contributed by atoms with Crippen LogP contribution in [0.25, 0.3) is 0 Å². The zero-order chi connectivity index (χ0) is 23.6. The fourth-order valence-electron chi connectivity index (χ4n) is 5.17. The Hall–Kier alpha value is -1.26. The van der Waals surface area contributed by atoms with Crippen LogP contribution >= 0.6 is 0 Å². The van der Waals surface area contributed by atoms with Gasteiger partial charge in [-0.05, 0) is 60.7 Å². The molecular formula is C27H46O3Si. The van der Waals surface area contributed by atoms with Crippen LogP contribution in [0, 0.1) is 5.92 Å². The Morgan fingerprint density at radius 2 is 1.58 bits per heavy atom. The molecule has 1 aliphatic carbocycles. The normalized spacial score (nSPS) is 27.3. The Bertz CT molecular complexity index is 648. The average Bonchev–Trinajstić information content (AvgIpc) is 2.69. The minimum absolute atomic E-state index is 0.123. The van der Waals surface area contributed by atoms with E-state index in [2.05, 4.69) is 72.8 Å². The monoisotopic (exact) mass is 446 g/mol. The first-order valence-electron chi connectivity index (χ1n) is 12.2. The fraction of sp³-hybridized carbons (Fsp3) is 0.704. The number of ketones is 1. The van der Waals surface area contributed by atoms with Gasteiger partial charge in [0.15, 0.2) is 0 Å². The highest BCUT2D eigenvalue weighted by molar-refractivity contribution is 6.77. The molecule has 1 aliphatic rings. The molecule has 31 heavy (non-hydrogen) atoms. The second-order valence-corrected chi connectivity index (χ2v) is 15.6. The van der Waals surface area contributed by atoms with Crippen molar-refractivity contribution in [1.82, 2.24) is 0 Å². The Labute approximate surface area is 192 Å². The summed E-state index contributed by atoms with van der Waals surface area (Å²) in [6.45, 7) is 18.3. The molecule has 176 valence electrons. The van der Waals surface area contributed by atoms with Crippen molar-refractivity contribution in [3.8, 4) is 0 Å². The maximum Gasteiger partial charge on any atom is 0.200 e. The largest absolute Gasteiger partial charge is 0.413 e. The average molecular weight is 447 g/mol. The second kappa shape index (κ2) is 13.3. The van der Waals surface area contributed by atoms with Gasteiger partial charge in [0.1, 0.15) is 12.1 Å². The summed E-state index contributed by atoms with van der Waals surface area (Å²) in [5.74, 6) is 0.513. The van der Waals surface area contributed by atoms with Crippen LogP contribution in [-0.2, 0) is 14.0 Å². The molecule has 0 spiro atoms. The van der Waals surface area contributed by atoms with E-state index >= 15 is 0 Å². The maximum atomic E-state index is 12.1. The number of aldehydes is 1. The summed E-state index contributed by atoms with van der Waals surface area (Å²) in [6.07, 6.45) is 13.6. The molecule has 0 amide bonds. The maximum absolute atomic E-state index is 12.1. The van der Waals surface area contributed by atoms with Crippen molar-refractivity contribution in [3.05, 3.63) is 35.5 Å². The summed E-state index contributed by atoms with van der Waals surface area (Å²) in [4.78, 5) is 23.8. The van der Waals surface area contributed by atoms with Gasteiger partial charge in [0.2, 0.25) is 8.32 Å². The zero-order valence-electron chi connectivity index (χ0n) is 21.2. The quantitative estimate of drug-likeness (QED) is 0.309. The lowest BCUT2D eigenvalue weighted by atomic mass is 9.94. The minimum Gasteiger partial charge on any atom is -0.413 e. The summed E-state index contributed by atoms with van der Waals surface area (Å²) in [5, 5.41) is 0. The summed E-state index contributed by atoms with van der Waals surface area (Å²) in [6, 6.07) is 0. The van der Waals surface area contributed by atoms with Gasteiger partial charge in [-0.1, -0.05) is 78.3 Å². The first-order chi connectivity index (χ1) is 14.6. The third kappa shape index (κ3) is 7.98. The van der Waals surface area contributed by atoms with E-state index in [1.807, 2.05) is 6.92 Å². The Morgan fingerprint density at radius 3 is 2.13 bits per heavy atom. The molecule has 0 fully saturated rings. The molecule has 2 atom stereocenters. The minimum atomic E-state index is -2.01. The summed E-state index contributed by atoms with van der Waals surface area (Å²) in [7, 11) is -2.01. The van der Waals surface area contributed by atoms with Crippen LogP contribution in [0.4, 0.5) is 0 Å². The lowest BCUT2D eigenvalue weighted by molar-refractivity contribution is -0.118. The van der Waals surface area contributed by atoms with E-state index in [1.165, 1.54) is 0 Å². The van der Waals surface area contributed by atoms with Crippen LogP contribution in [0.15, 0.2) is 35.5 Å². The third-order valence-corrected chi connectivity index (χ3v) is 13.2. The number of hydrogen-bond acceptors (Lipinski definition) is 3. The van der Waals surface area contributed by atoms with Gasteiger partial charge in [-0.15, -0.1) is 0 Å². The lowest BCUT2D eigenvalue weighted by Gasteiger charge is -2.45. The third-order valence-electron chi connectivity index (χ3n) is 7.07. The molecule has 0 radical (unpaired) electrons. The summed E-state index contributed by atoms with van der Waals surface area (Å²) < 4.78 is 7.19. The van der Waals surface area contributed by atoms with Gasteiger partial charge in [0.25, 0.3) is 0 Å². The molecule has 3 nitrogen and oxygen atoms in total. The molecule has 4 heteroatoms. The molecule has 0 saturated heterocycles. The zero-order valence-corrected chi connectivity index (χ0v) is 22.2. The van der Waals surface area contributed by atoms with Crippen LogP contribution in [0.5, 0.6) is 0 Å². The highest BCUT2D eigenvalue weighted by atomic mass is 28.4. The second-order valence-electron chi connectivity index (χ2n) is 10.2. The summed E-state index contributed by atoms with van der Waals surface area (Å²) >= 11 is 0. The van der Waals surface area contributed by atoms with Gasteiger partial charge in [-0.3, -0.25) is 9.59 Å². The van der Waals surface area contributed by atoms with Crippen molar-refractivity contribution in [2.75, 3.05) is 0 Å². The molecule has 0 unspecified atom stereocenters. The standard InChI is InChI=1S/C27H46O3Si/c1-20(2)31(21(3)4,22(5)6)30-27-18-15-23(7)25(19-28)16-17-26(29)14-12-10-9-11-13-24(27)8/h9-11,13,19-22,24,27H,12,14-18H2,1-8H3/b10-9+,13-11+,25-23+/t24-,27-/m0/s1. The van der Waals surface area contributed by atoms with Crippen molar-refractivity contribution in [3.63, 3.8) is 0 Å². The topological polar surface area (TPSA) is 43.4 Å². The smallest absolute Gasteiger partial charge is 0.200 e. The van der Waals surface area contributed by atoms with Gasteiger partial charge in [0.05, 0.1) is 6.10 Å². The van der Waals surface area contributed by atoms with Gasteiger partial charge in [0, 0.05) is 12.8 Å². The van der Waals surface area contributed by atoms with Gasteiger partial charge in [-0.2, -0.15) is 0 Å². The SMILES string of the molecule is C/C1=C(\C=O)CCC(=O)CC/C=C/C=C/[C@H](C)[C@@H](O[Si](C(C)C)(C(C)C)C(C)C)CC1. The van der Waals surface area contributed by atoms with E-state index in [-0.39, 0.29) is 17.8 Å². The molecule has 0 aromatic rings. The molecule has 0 aromatic heterocycles. The molecule has 0 aromatic carbocycles. The highest BCUT2D eigenvalue weighted by Gasteiger charge is 2.47. The van der Waals surface area contributed by atoms with Crippen molar-refractivity contribution < 1.29 is 14.0 Å². The first-order valence-corrected chi connectivity index (χ1v) is 14.4. The first kappa shape index (κ1) is 27.8. The molecular weight excluding hydrogens is 400 g/mol. The van der Waals surface area contributed by atoms with Crippen LogP contribution in [0.3, 0.4) is 0 Å².